The molecule has 98 valence electrons. The van der Waals surface area contributed by atoms with Gasteiger partial charge in [-0.3, -0.25) is 0 Å². The largest absolute Gasteiger partial charge is 0.382 e. The molecule has 3 atom stereocenters. The molecule has 0 spiro atoms. The minimum Gasteiger partial charge on any atom is -0.382 e. The van der Waals surface area contributed by atoms with Crippen LogP contribution in [0.5, 0.6) is 0 Å². The first kappa shape index (κ1) is 12.2. The van der Waals surface area contributed by atoms with Crippen molar-refractivity contribution in [3.63, 3.8) is 0 Å². The summed E-state index contributed by atoms with van der Waals surface area (Å²) >= 11 is 5.94. The second-order valence-electron chi connectivity index (χ2n) is 4.98. The minimum absolute atomic E-state index is 0.0687. The van der Waals surface area contributed by atoms with E-state index < -0.39 is 0 Å². The number of hydrogen-bond acceptors (Lipinski definition) is 3. The van der Waals surface area contributed by atoms with Gasteiger partial charge in [-0.15, -0.1) is 0 Å². The van der Waals surface area contributed by atoms with Gasteiger partial charge in [-0.25, -0.2) is 4.39 Å². The summed E-state index contributed by atoms with van der Waals surface area (Å²) < 4.78 is 19.8. The highest BCUT2D eigenvalue weighted by atomic mass is 35.5. The third kappa shape index (κ3) is 1.98. The van der Waals surface area contributed by atoms with E-state index in [9.17, 15) is 4.39 Å². The summed E-state index contributed by atoms with van der Waals surface area (Å²) in [6, 6.07) is 3.12. The maximum absolute atomic E-state index is 13.8. The van der Waals surface area contributed by atoms with Crippen LogP contribution in [0.1, 0.15) is 24.5 Å². The van der Waals surface area contributed by atoms with Crippen LogP contribution >= 0.6 is 11.6 Å². The quantitative estimate of drug-likeness (QED) is 0.825. The van der Waals surface area contributed by atoms with E-state index in [-0.39, 0.29) is 18.0 Å². The molecular weight excluding hydrogens is 255 g/mol. The topological polar surface area (TPSA) is 47.3 Å². The number of hydrogen-bond donors (Lipinski definition) is 2. The highest BCUT2D eigenvalue weighted by Gasteiger charge is 2.37. The standard InChI is InChI=1S/C13H16ClFN2O/c14-8-3-10-12(11(15)4-8)17-6-7-1-2-9(5-16)18-13(7)10/h3-4,7,9,13,17H,1-2,5-6,16H2. The number of halogens is 2. The summed E-state index contributed by atoms with van der Waals surface area (Å²) in [5, 5.41) is 3.55. The molecule has 3 nitrogen and oxygen atoms in total. The Hall–Kier alpha value is -0.840. The molecule has 1 aromatic carbocycles. The van der Waals surface area contributed by atoms with E-state index in [0.717, 1.165) is 24.9 Å². The normalized spacial score (nSPS) is 30.3. The van der Waals surface area contributed by atoms with Crippen LogP contribution in [-0.2, 0) is 4.74 Å². The molecule has 5 heteroatoms. The Balaban J connectivity index is 1.99. The van der Waals surface area contributed by atoms with Crippen LogP contribution in [0.25, 0.3) is 0 Å². The second-order valence-corrected chi connectivity index (χ2v) is 5.42. The van der Waals surface area contributed by atoms with Gasteiger partial charge in [-0.2, -0.15) is 0 Å². The van der Waals surface area contributed by atoms with Crippen molar-refractivity contribution in [3.8, 4) is 0 Å². The number of ether oxygens (including phenoxy) is 1. The Morgan fingerprint density at radius 1 is 1.44 bits per heavy atom. The third-order valence-corrected chi connectivity index (χ3v) is 4.04. The van der Waals surface area contributed by atoms with Gasteiger partial charge in [0.05, 0.1) is 17.9 Å². The number of anilines is 1. The number of benzene rings is 1. The van der Waals surface area contributed by atoms with Crippen molar-refractivity contribution in [2.45, 2.75) is 25.0 Å². The van der Waals surface area contributed by atoms with E-state index >= 15 is 0 Å². The van der Waals surface area contributed by atoms with E-state index in [1.807, 2.05) is 0 Å². The smallest absolute Gasteiger partial charge is 0.148 e. The Kier molecular flexibility index (Phi) is 3.18. The summed E-state index contributed by atoms with van der Waals surface area (Å²) in [7, 11) is 0. The number of nitrogens with two attached hydrogens (primary N) is 1. The van der Waals surface area contributed by atoms with Crippen LogP contribution < -0.4 is 11.1 Å². The Morgan fingerprint density at radius 2 is 2.28 bits per heavy atom. The first-order chi connectivity index (χ1) is 8.69. The zero-order chi connectivity index (χ0) is 12.7. The van der Waals surface area contributed by atoms with E-state index in [2.05, 4.69) is 5.32 Å². The zero-order valence-corrected chi connectivity index (χ0v) is 10.7. The van der Waals surface area contributed by atoms with Gasteiger partial charge in [0, 0.05) is 29.6 Å². The summed E-state index contributed by atoms with van der Waals surface area (Å²) in [5.74, 6) is 0.0626. The highest BCUT2D eigenvalue weighted by molar-refractivity contribution is 6.30. The molecule has 0 bridgehead atoms. The number of fused-ring (bicyclic) bond motifs is 3. The molecule has 2 aliphatic heterocycles. The van der Waals surface area contributed by atoms with Gasteiger partial charge in [-0.05, 0) is 25.0 Å². The number of nitrogens with one attached hydrogen (secondary N) is 1. The fraction of sp³-hybridized carbons (Fsp3) is 0.538. The van der Waals surface area contributed by atoms with E-state index in [1.165, 1.54) is 6.07 Å². The van der Waals surface area contributed by atoms with Gasteiger partial charge in [-0.1, -0.05) is 11.6 Å². The average molecular weight is 271 g/mol. The lowest BCUT2D eigenvalue weighted by Gasteiger charge is -2.40. The molecule has 0 aliphatic carbocycles. The van der Waals surface area contributed by atoms with Crippen molar-refractivity contribution < 1.29 is 9.13 Å². The maximum Gasteiger partial charge on any atom is 0.148 e. The van der Waals surface area contributed by atoms with Crippen LogP contribution in [0.4, 0.5) is 10.1 Å². The Morgan fingerprint density at radius 3 is 3.06 bits per heavy atom. The van der Waals surface area contributed by atoms with Gasteiger partial charge in [0.2, 0.25) is 0 Å². The van der Waals surface area contributed by atoms with Crippen LogP contribution in [0.15, 0.2) is 12.1 Å². The average Bonchev–Trinajstić information content (AvgIpc) is 2.37. The van der Waals surface area contributed by atoms with Crippen LogP contribution in [0, 0.1) is 11.7 Å². The highest BCUT2D eigenvalue weighted by Crippen LogP contribution is 2.44. The molecule has 18 heavy (non-hydrogen) atoms. The molecule has 1 aromatic rings. The minimum atomic E-state index is -0.311. The maximum atomic E-state index is 13.8. The van der Waals surface area contributed by atoms with E-state index in [4.69, 9.17) is 22.1 Å². The lowest BCUT2D eigenvalue weighted by Crippen LogP contribution is -2.39. The first-order valence-corrected chi connectivity index (χ1v) is 6.65. The van der Waals surface area contributed by atoms with Crippen molar-refractivity contribution in [1.29, 1.82) is 0 Å². The molecule has 0 aromatic heterocycles. The molecule has 1 saturated heterocycles. The summed E-state index contributed by atoms with van der Waals surface area (Å²) in [6.45, 7) is 1.25. The second kappa shape index (κ2) is 4.68. The lowest BCUT2D eigenvalue weighted by molar-refractivity contribution is -0.0796. The fourth-order valence-electron chi connectivity index (χ4n) is 2.89. The van der Waals surface area contributed by atoms with Gasteiger partial charge in [0.15, 0.2) is 0 Å². The van der Waals surface area contributed by atoms with Crippen molar-refractivity contribution in [2.24, 2.45) is 11.7 Å². The molecule has 0 saturated carbocycles. The summed E-state index contributed by atoms with van der Waals surface area (Å²) in [5.41, 5.74) is 7.02. The van der Waals surface area contributed by atoms with Crippen molar-refractivity contribution in [3.05, 3.63) is 28.5 Å². The SMILES string of the molecule is NCC1CCC2CNc3c(F)cc(Cl)cc3C2O1. The molecule has 3 rings (SSSR count). The number of rotatable bonds is 1. The van der Waals surface area contributed by atoms with Gasteiger partial charge in [0.1, 0.15) is 5.82 Å². The molecular formula is C13H16ClFN2O. The molecule has 0 amide bonds. The van der Waals surface area contributed by atoms with Gasteiger partial charge in [0.25, 0.3) is 0 Å². The van der Waals surface area contributed by atoms with Crippen molar-refractivity contribution in [1.82, 2.24) is 0 Å². The Bertz CT molecular complexity index is 469. The summed E-state index contributed by atoms with van der Waals surface area (Å²) in [6.07, 6.45) is 2.00. The summed E-state index contributed by atoms with van der Waals surface area (Å²) in [4.78, 5) is 0. The first-order valence-electron chi connectivity index (χ1n) is 6.27. The predicted octanol–water partition coefficient (Wildman–Crippen LogP) is 2.70. The molecule has 1 fully saturated rings. The molecule has 2 heterocycles. The van der Waals surface area contributed by atoms with E-state index in [0.29, 0.717) is 23.2 Å². The van der Waals surface area contributed by atoms with Gasteiger partial charge < -0.3 is 15.8 Å². The fourth-order valence-corrected chi connectivity index (χ4v) is 3.10. The third-order valence-electron chi connectivity index (χ3n) is 3.82. The van der Waals surface area contributed by atoms with Crippen LogP contribution in [0.2, 0.25) is 5.02 Å². The molecule has 3 N–H and O–H groups in total. The van der Waals surface area contributed by atoms with Crippen molar-refractivity contribution >= 4 is 17.3 Å². The van der Waals surface area contributed by atoms with Crippen LogP contribution in [-0.4, -0.2) is 19.2 Å². The molecule has 3 unspecified atom stereocenters. The lowest BCUT2D eigenvalue weighted by atomic mass is 9.84. The van der Waals surface area contributed by atoms with Gasteiger partial charge >= 0.3 is 0 Å². The van der Waals surface area contributed by atoms with E-state index in [1.54, 1.807) is 6.07 Å². The predicted molar refractivity (Wildman–Crippen MR) is 69.3 cm³/mol. The zero-order valence-electron chi connectivity index (χ0n) is 9.96. The Labute approximate surface area is 110 Å². The monoisotopic (exact) mass is 270 g/mol. The molecule has 0 radical (unpaired) electrons. The van der Waals surface area contributed by atoms with Crippen LogP contribution in [0.3, 0.4) is 0 Å². The molecule has 2 aliphatic rings. The van der Waals surface area contributed by atoms with Crippen molar-refractivity contribution in [2.75, 3.05) is 18.4 Å².